The van der Waals surface area contributed by atoms with Crippen molar-refractivity contribution in [3.05, 3.63) is 24.3 Å². The van der Waals surface area contributed by atoms with Crippen LogP contribution in [0.25, 0.3) is 0 Å². The number of fused-ring (bicyclic) bond motifs is 1. The average molecular weight is 446 g/mol. The number of para-hydroxylation sites is 2. The van der Waals surface area contributed by atoms with Crippen molar-refractivity contribution in [2.24, 2.45) is 4.99 Å². The Balaban J connectivity index is 0.00000288. The highest BCUT2D eigenvalue weighted by Crippen LogP contribution is 2.31. The molecule has 1 aliphatic heterocycles. The SMILES string of the molecule is CN=C(NCCCN1C(=O)COc2ccccc21)NC(C)(C)C.I. The van der Waals surface area contributed by atoms with Gasteiger partial charge in [0.25, 0.3) is 5.91 Å². The van der Waals surface area contributed by atoms with Crippen LogP contribution in [0.15, 0.2) is 29.3 Å². The predicted molar refractivity (Wildman–Crippen MR) is 109 cm³/mol. The van der Waals surface area contributed by atoms with E-state index in [1.54, 1.807) is 11.9 Å². The monoisotopic (exact) mass is 446 g/mol. The number of benzene rings is 1. The van der Waals surface area contributed by atoms with Crippen LogP contribution in [-0.4, -0.2) is 44.1 Å². The van der Waals surface area contributed by atoms with E-state index in [1.807, 2.05) is 24.3 Å². The molecule has 0 saturated heterocycles. The van der Waals surface area contributed by atoms with Gasteiger partial charge in [-0.2, -0.15) is 0 Å². The third-order valence-electron chi connectivity index (χ3n) is 3.38. The van der Waals surface area contributed by atoms with Crippen molar-refractivity contribution in [1.29, 1.82) is 0 Å². The van der Waals surface area contributed by atoms with Crippen LogP contribution in [0, 0.1) is 0 Å². The minimum atomic E-state index is -0.0407. The van der Waals surface area contributed by atoms with Crippen molar-refractivity contribution >= 4 is 41.5 Å². The van der Waals surface area contributed by atoms with Crippen LogP contribution >= 0.6 is 24.0 Å². The number of carbonyl (C=O) groups excluding carboxylic acids is 1. The number of halogens is 1. The van der Waals surface area contributed by atoms with Crippen LogP contribution in [0.1, 0.15) is 27.2 Å². The number of hydrogen-bond acceptors (Lipinski definition) is 3. The molecule has 1 aromatic carbocycles. The Hall–Kier alpha value is -1.51. The van der Waals surface area contributed by atoms with E-state index in [-0.39, 0.29) is 42.0 Å². The van der Waals surface area contributed by atoms with Crippen molar-refractivity contribution in [3.63, 3.8) is 0 Å². The molecule has 134 valence electrons. The van der Waals surface area contributed by atoms with Crippen molar-refractivity contribution in [2.45, 2.75) is 32.7 Å². The second-order valence-corrected chi connectivity index (χ2v) is 6.53. The van der Waals surface area contributed by atoms with E-state index < -0.39 is 0 Å². The van der Waals surface area contributed by atoms with Crippen LogP contribution in [-0.2, 0) is 4.79 Å². The van der Waals surface area contributed by atoms with Gasteiger partial charge in [-0.15, -0.1) is 24.0 Å². The van der Waals surface area contributed by atoms with Gasteiger partial charge in [0.05, 0.1) is 5.69 Å². The molecule has 1 amide bonds. The molecule has 0 bridgehead atoms. The summed E-state index contributed by atoms with van der Waals surface area (Å²) < 4.78 is 5.45. The molecule has 2 rings (SSSR count). The van der Waals surface area contributed by atoms with E-state index in [2.05, 4.69) is 36.4 Å². The Bertz CT molecular complexity index is 584. The van der Waals surface area contributed by atoms with Gasteiger partial charge in [-0.25, -0.2) is 0 Å². The Morgan fingerprint density at radius 3 is 2.71 bits per heavy atom. The minimum absolute atomic E-state index is 0. The number of carbonyl (C=O) groups is 1. The number of amides is 1. The molecule has 0 saturated carbocycles. The highest BCUT2D eigenvalue weighted by molar-refractivity contribution is 14.0. The molecule has 0 radical (unpaired) electrons. The zero-order valence-electron chi connectivity index (χ0n) is 14.8. The third kappa shape index (κ3) is 5.85. The van der Waals surface area contributed by atoms with Crippen molar-refractivity contribution in [2.75, 3.05) is 31.6 Å². The Labute approximate surface area is 161 Å². The van der Waals surface area contributed by atoms with Crippen molar-refractivity contribution in [1.82, 2.24) is 10.6 Å². The number of anilines is 1. The molecule has 0 aliphatic carbocycles. The zero-order valence-corrected chi connectivity index (χ0v) is 17.1. The Kier molecular flexibility index (Phi) is 7.78. The summed E-state index contributed by atoms with van der Waals surface area (Å²) in [5, 5.41) is 6.58. The Morgan fingerprint density at radius 1 is 1.33 bits per heavy atom. The van der Waals surface area contributed by atoms with E-state index in [1.165, 1.54) is 0 Å². The molecule has 7 heteroatoms. The third-order valence-corrected chi connectivity index (χ3v) is 3.38. The maximum atomic E-state index is 12.1. The summed E-state index contributed by atoms with van der Waals surface area (Å²) in [6.45, 7) is 7.76. The van der Waals surface area contributed by atoms with E-state index in [4.69, 9.17) is 4.74 Å². The first kappa shape index (κ1) is 20.5. The minimum Gasteiger partial charge on any atom is -0.482 e. The summed E-state index contributed by atoms with van der Waals surface area (Å²) >= 11 is 0. The summed E-state index contributed by atoms with van der Waals surface area (Å²) in [7, 11) is 1.75. The zero-order chi connectivity index (χ0) is 16.9. The maximum Gasteiger partial charge on any atom is 0.265 e. The van der Waals surface area contributed by atoms with Gasteiger partial charge >= 0.3 is 0 Å². The van der Waals surface area contributed by atoms with Crippen LogP contribution in [0.2, 0.25) is 0 Å². The number of nitrogens with one attached hydrogen (secondary N) is 2. The summed E-state index contributed by atoms with van der Waals surface area (Å²) in [5.41, 5.74) is 0.807. The van der Waals surface area contributed by atoms with Gasteiger partial charge in [0.1, 0.15) is 5.75 Å². The summed E-state index contributed by atoms with van der Waals surface area (Å²) in [6, 6.07) is 7.64. The van der Waals surface area contributed by atoms with E-state index >= 15 is 0 Å². The molecule has 24 heavy (non-hydrogen) atoms. The number of hydrogen-bond donors (Lipinski definition) is 2. The number of nitrogens with zero attached hydrogens (tertiary/aromatic N) is 2. The second kappa shape index (κ2) is 9.10. The fraction of sp³-hybridized carbons (Fsp3) is 0.529. The first-order valence-electron chi connectivity index (χ1n) is 7.92. The summed E-state index contributed by atoms with van der Waals surface area (Å²) in [5.74, 6) is 1.54. The lowest BCUT2D eigenvalue weighted by Gasteiger charge is -2.29. The average Bonchev–Trinajstić information content (AvgIpc) is 2.50. The number of ether oxygens (including phenoxy) is 1. The number of guanidine groups is 1. The van der Waals surface area contributed by atoms with Gasteiger partial charge in [0, 0.05) is 25.7 Å². The smallest absolute Gasteiger partial charge is 0.265 e. The van der Waals surface area contributed by atoms with Crippen molar-refractivity contribution in [3.8, 4) is 5.75 Å². The van der Waals surface area contributed by atoms with Gasteiger partial charge in [-0.1, -0.05) is 12.1 Å². The van der Waals surface area contributed by atoms with E-state index in [0.717, 1.165) is 30.4 Å². The predicted octanol–water partition coefficient (Wildman–Crippen LogP) is 2.38. The highest BCUT2D eigenvalue weighted by Gasteiger charge is 2.24. The molecule has 2 N–H and O–H groups in total. The van der Waals surface area contributed by atoms with Crippen LogP contribution < -0.4 is 20.3 Å². The topological polar surface area (TPSA) is 66.0 Å². The van der Waals surface area contributed by atoms with Gasteiger partial charge in [-0.3, -0.25) is 9.79 Å². The van der Waals surface area contributed by atoms with Gasteiger partial charge < -0.3 is 20.3 Å². The van der Waals surface area contributed by atoms with Gasteiger partial charge in [-0.05, 0) is 39.3 Å². The normalized spacial score (nSPS) is 14.4. The van der Waals surface area contributed by atoms with E-state index in [9.17, 15) is 4.79 Å². The quantitative estimate of drug-likeness (QED) is 0.323. The van der Waals surface area contributed by atoms with E-state index in [0.29, 0.717) is 6.54 Å². The fourth-order valence-corrected chi connectivity index (χ4v) is 2.38. The van der Waals surface area contributed by atoms with Crippen LogP contribution in [0.5, 0.6) is 5.75 Å². The highest BCUT2D eigenvalue weighted by atomic mass is 127. The van der Waals surface area contributed by atoms with Crippen molar-refractivity contribution < 1.29 is 9.53 Å². The molecule has 0 spiro atoms. The maximum absolute atomic E-state index is 12.1. The first-order valence-corrected chi connectivity index (χ1v) is 7.92. The lowest BCUT2D eigenvalue weighted by molar-refractivity contribution is -0.121. The molecule has 0 atom stereocenters. The molecule has 1 heterocycles. The number of rotatable bonds is 4. The van der Waals surface area contributed by atoms with Crippen LogP contribution in [0.4, 0.5) is 5.69 Å². The lowest BCUT2D eigenvalue weighted by atomic mass is 10.1. The molecule has 0 fully saturated rings. The van der Waals surface area contributed by atoms with Gasteiger partial charge in [0.15, 0.2) is 12.6 Å². The lowest BCUT2D eigenvalue weighted by Crippen LogP contribution is -2.48. The molecule has 0 aromatic heterocycles. The first-order chi connectivity index (χ1) is 10.9. The summed E-state index contributed by atoms with van der Waals surface area (Å²) in [6.07, 6.45) is 0.824. The van der Waals surface area contributed by atoms with Crippen LogP contribution in [0.3, 0.4) is 0 Å². The number of aliphatic imine (C=N–C) groups is 1. The fourth-order valence-electron chi connectivity index (χ4n) is 2.38. The molecule has 1 aliphatic rings. The second-order valence-electron chi connectivity index (χ2n) is 6.53. The standard InChI is InChI=1S/C17H26N4O2.HI/c1-17(2,3)20-16(18-4)19-10-7-11-21-13-8-5-6-9-14(13)23-12-15(21)22;/h5-6,8-9H,7,10-12H2,1-4H3,(H2,18,19,20);1H. The van der Waals surface area contributed by atoms with Gasteiger partial charge in [0.2, 0.25) is 0 Å². The molecule has 1 aromatic rings. The Morgan fingerprint density at radius 2 is 2.04 bits per heavy atom. The molecular weight excluding hydrogens is 419 g/mol. The molecule has 6 nitrogen and oxygen atoms in total. The molecular formula is C17H27IN4O2. The largest absolute Gasteiger partial charge is 0.482 e. The summed E-state index contributed by atoms with van der Waals surface area (Å²) in [4.78, 5) is 18.1. The molecule has 0 unspecified atom stereocenters.